The van der Waals surface area contributed by atoms with Gasteiger partial charge in [0.05, 0.1) is 26.4 Å². The van der Waals surface area contributed by atoms with Crippen LogP contribution in [-0.4, -0.2) is 32.6 Å². The third-order valence-corrected chi connectivity index (χ3v) is 3.55. The molecule has 1 aromatic carbocycles. The number of carbonyl (C=O) groups excluding carboxylic acids is 2. The van der Waals surface area contributed by atoms with E-state index in [1.807, 2.05) is 0 Å². The molecule has 5 nitrogen and oxygen atoms in total. The van der Waals surface area contributed by atoms with Crippen LogP contribution in [0.25, 0.3) is 0 Å². The Labute approximate surface area is 137 Å². The van der Waals surface area contributed by atoms with Crippen molar-refractivity contribution in [2.24, 2.45) is 0 Å². The van der Waals surface area contributed by atoms with Crippen molar-refractivity contribution in [3.05, 3.63) is 23.8 Å². The van der Waals surface area contributed by atoms with E-state index in [0.29, 0.717) is 36.5 Å². The summed E-state index contributed by atoms with van der Waals surface area (Å²) in [5, 5.41) is 0. The van der Waals surface area contributed by atoms with Gasteiger partial charge in [-0.2, -0.15) is 0 Å². The maximum atomic E-state index is 12.3. The lowest BCUT2D eigenvalue weighted by molar-refractivity contribution is -0.143. The molecule has 0 atom stereocenters. The second-order valence-electron chi connectivity index (χ2n) is 5.21. The van der Waals surface area contributed by atoms with Crippen LogP contribution in [0.1, 0.15) is 55.8 Å². The molecule has 0 aliphatic heterocycles. The third-order valence-electron chi connectivity index (χ3n) is 3.55. The van der Waals surface area contributed by atoms with E-state index in [9.17, 15) is 9.59 Å². The SMILES string of the molecule is CCOC(=O)CCCCCCC(=O)c1ccc(OC)cc1OC. The van der Waals surface area contributed by atoms with E-state index in [0.717, 1.165) is 25.7 Å². The molecule has 5 heteroatoms. The van der Waals surface area contributed by atoms with Gasteiger partial charge in [-0.15, -0.1) is 0 Å². The summed E-state index contributed by atoms with van der Waals surface area (Å²) < 4.78 is 15.2. The van der Waals surface area contributed by atoms with Gasteiger partial charge in [0.1, 0.15) is 11.5 Å². The molecule has 0 saturated heterocycles. The van der Waals surface area contributed by atoms with Gasteiger partial charge in [-0.05, 0) is 31.9 Å². The summed E-state index contributed by atoms with van der Waals surface area (Å²) in [6, 6.07) is 5.21. The number of hydrogen-bond acceptors (Lipinski definition) is 5. The molecule has 0 aromatic heterocycles. The highest BCUT2D eigenvalue weighted by molar-refractivity contribution is 5.98. The first-order valence-corrected chi connectivity index (χ1v) is 8.03. The Morgan fingerprint density at radius 3 is 2.26 bits per heavy atom. The summed E-state index contributed by atoms with van der Waals surface area (Å²) in [5.41, 5.74) is 0.583. The predicted octanol–water partition coefficient (Wildman–Crippen LogP) is 3.79. The minimum absolute atomic E-state index is 0.0647. The number of esters is 1. The first-order chi connectivity index (χ1) is 11.1. The highest BCUT2D eigenvalue weighted by Gasteiger charge is 2.13. The average Bonchev–Trinajstić information content (AvgIpc) is 2.57. The molecule has 0 aliphatic rings. The second-order valence-corrected chi connectivity index (χ2v) is 5.21. The number of rotatable bonds is 11. The maximum absolute atomic E-state index is 12.3. The quantitative estimate of drug-likeness (QED) is 0.352. The van der Waals surface area contributed by atoms with E-state index < -0.39 is 0 Å². The van der Waals surface area contributed by atoms with E-state index in [-0.39, 0.29) is 11.8 Å². The number of methoxy groups -OCH3 is 2. The van der Waals surface area contributed by atoms with E-state index in [4.69, 9.17) is 14.2 Å². The van der Waals surface area contributed by atoms with Gasteiger partial charge < -0.3 is 14.2 Å². The van der Waals surface area contributed by atoms with Crippen LogP contribution in [-0.2, 0) is 9.53 Å². The monoisotopic (exact) mass is 322 g/mol. The summed E-state index contributed by atoms with van der Waals surface area (Å²) in [6.07, 6.45) is 4.38. The number of Topliss-reactive ketones (excluding diaryl/α,β-unsaturated/α-hetero) is 1. The van der Waals surface area contributed by atoms with Crippen LogP contribution in [0.3, 0.4) is 0 Å². The predicted molar refractivity (Wildman–Crippen MR) is 88.2 cm³/mol. The van der Waals surface area contributed by atoms with Crippen molar-refractivity contribution >= 4 is 11.8 Å². The van der Waals surface area contributed by atoms with Gasteiger partial charge in [0.25, 0.3) is 0 Å². The van der Waals surface area contributed by atoms with Crippen LogP contribution >= 0.6 is 0 Å². The number of unbranched alkanes of at least 4 members (excludes halogenated alkanes) is 3. The second kappa shape index (κ2) is 10.6. The smallest absolute Gasteiger partial charge is 0.305 e. The van der Waals surface area contributed by atoms with Crippen LogP contribution < -0.4 is 9.47 Å². The summed E-state index contributed by atoms with van der Waals surface area (Å²) in [7, 11) is 3.12. The summed E-state index contributed by atoms with van der Waals surface area (Å²) >= 11 is 0. The Bertz CT molecular complexity index is 510. The van der Waals surface area contributed by atoms with Gasteiger partial charge >= 0.3 is 5.97 Å². The van der Waals surface area contributed by atoms with E-state index in [1.165, 1.54) is 0 Å². The van der Waals surface area contributed by atoms with Crippen molar-refractivity contribution < 1.29 is 23.8 Å². The van der Waals surface area contributed by atoms with Gasteiger partial charge in [-0.25, -0.2) is 0 Å². The van der Waals surface area contributed by atoms with Gasteiger partial charge in [0, 0.05) is 18.9 Å². The van der Waals surface area contributed by atoms with Crippen molar-refractivity contribution in [2.75, 3.05) is 20.8 Å². The molecule has 0 unspecified atom stereocenters. The fourth-order valence-electron chi connectivity index (χ4n) is 2.31. The Hall–Kier alpha value is -2.04. The van der Waals surface area contributed by atoms with E-state index in [2.05, 4.69) is 0 Å². The van der Waals surface area contributed by atoms with E-state index in [1.54, 1.807) is 39.3 Å². The molecule has 1 rings (SSSR count). The Kier molecular flexibility index (Phi) is 8.80. The van der Waals surface area contributed by atoms with Gasteiger partial charge in [-0.1, -0.05) is 12.8 Å². The summed E-state index contributed by atoms with van der Waals surface area (Å²) in [4.78, 5) is 23.4. The molecule has 128 valence electrons. The molecular formula is C18H26O5. The lowest BCUT2D eigenvalue weighted by Gasteiger charge is -2.09. The van der Waals surface area contributed by atoms with Crippen LogP contribution in [0.4, 0.5) is 0 Å². The average molecular weight is 322 g/mol. The van der Waals surface area contributed by atoms with Gasteiger partial charge in [-0.3, -0.25) is 9.59 Å². The molecule has 0 radical (unpaired) electrons. The van der Waals surface area contributed by atoms with Gasteiger partial charge in [0.2, 0.25) is 0 Å². The first-order valence-electron chi connectivity index (χ1n) is 8.03. The number of ether oxygens (including phenoxy) is 3. The molecule has 0 spiro atoms. The third kappa shape index (κ3) is 6.72. The van der Waals surface area contributed by atoms with Crippen molar-refractivity contribution in [1.29, 1.82) is 0 Å². The summed E-state index contributed by atoms with van der Waals surface area (Å²) in [5.74, 6) is 1.12. The minimum atomic E-state index is -0.147. The lowest BCUT2D eigenvalue weighted by Crippen LogP contribution is -2.04. The lowest BCUT2D eigenvalue weighted by atomic mass is 10.0. The molecule has 0 aliphatic carbocycles. The zero-order chi connectivity index (χ0) is 17.1. The maximum Gasteiger partial charge on any atom is 0.305 e. The number of ketones is 1. The fraction of sp³-hybridized carbons (Fsp3) is 0.556. The zero-order valence-electron chi connectivity index (χ0n) is 14.2. The number of hydrogen-bond donors (Lipinski definition) is 0. The van der Waals surface area contributed by atoms with Crippen LogP contribution in [0.15, 0.2) is 18.2 Å². The molecular weight excluding hydrogens is 296 g/mol. The Balaban J connectivity index is 2.33. The standard InChI is InChI=1S/C18H26O5/c1-4-23-18(20)10-8-6-5-7-9-16(19)15-12-11-14(21-2)13-17(15)22-3/h11-13H,4-10H2,1-3H3. The molecule has 0 amide bonds. The van der Waals surface area contributed by atoms with Crippen molar-refractivity contribution in [3.63, 3.8) is 0 Å². The number of carbonyl (C=O) groups is 2. The van der Waals surface area contributed by atoms with E-state index >= 15 is 0 Å². The zero-order valence-corrected chi connectivity index (χ0v) is 14.2. The first kappa shape index (κ1) is 19.0. The van der Waals surface area contributed by atoms with Gasteiger partial charge in [0.15, 0.2) is 5.78 Å². The van der Waals surface area contributed by atoms with Crippen LogP contribution in [0.2, 0.25) is 0 Å². The van der Waals surface area contributed by atoms with Crippen molar-refractivity contribution in [2.45, 2.75) is 45.4 Å². The molecule has 0 bridgehead atoms. The minimum Gasteiger partial charge on any atom is -0.497 e. The Morgan fingerprint density at radius 2 is 1.65 bits per heavy atom. The van der Waals surface area contributed by atoms with Crippen LogP contribution in [0.5, 0.6) is 11.5 Å². The van der Waals surface area contributed by atoms with Crippen molar-refractivity contribution in [1.82, 2.24) is 0 Å². The topological polar surface area (TPSA) is 61.8 Å². The van der Waals surface area contributed by atoms with Crippen LogP contribution in [0, 0.1) is 0 Å². The molecule has 0 fully saturated rings. The Morgan fingerprint density at radius 1 is 0.957 bits per heavy atom. The normalized spacial score (nSPS) is 10.2. The fourth-order valence-corrected chi connectivity index (χ4v) is 2.31. The molecule has 0 heterocycles. The molecule has 0 N–H and O–H groups in total. The summed E-state index contributed by atoms with van der Waals surface area (Å²) in [6.45, 7) is 2.23. The highest BCUT2D eigenvalue weighted by Crippen LogP contribution is 2.26. The number of benzene rings is 1. The largest absolute Gasteiger partial charge is 0.497 e. The highest BCUT2D eigenvalue weighted by atomic mass is 16.5. The molecule has 1 aromatic rings. The molecule has 23 heavy (non-hydrogen) atoms. The molecule has 0 saturated carbocycles. The van der Waals surface area contributed by atoms with Crippen molar-refractivity contribution in [3.8, 4) is 11.5 Å².